The second-order valence-corrected chi connectivity index (χ2v) is 6.79. The van der Waals surface area contributed by atoms with Gasteiger partial charge in [0.2, 0.25) is 0 Å². The van der Waals surface area contributed by atoms with Gasteiger partial charge in [-0.1, -0.05) is 6.07 Å². The molecule has 3 heterocycles. The lowest BCUT2D eigenvalue weighted by Gasteiger charge is -2.29. The van der Waals surface area contributed by atoms with E-state index in [1.165, 1.54) is 11.8 Å². The van der Waals surface area contributed by atoms with Crippen molar-refractivity contribution >= 4 is 16.6 Å². The number of aliphatic hydroxyl groups is 1. The molecule has 6 heteroatoms. The van der Waals surface area contributed by atoms with Crippen molar-refractivity contribution < 1.29 is 5.11 Å². The molecule has 4 rings (SSSR count). The number of likely N-dealkylation sites (tertiary alicyclic amines) is 1. The monoisotopic (exact) mass is 338 g/mol. The van der Waals surface area contributed by atoms with Crippen LogP contribution in [0, 0.1) is 0 Å². The summed E-state index contributed by atoms with van der Waals surface area (Å²) >= 11 is 0. The number of fused-ring (bicyclic) bond motifs is 1. The minimum atomic E-state index is -0.159. The fourth-order valence-electron chi connectivity index (χ4n) is 3.46. The highest BCUT2D eigenvalue weighted by Gasteiger charge is 2.17. The lowest BCUT2D eigenvalue weighted by Crippen LogP contribution is -2.35. The minimum absolute atomic E-state index is 0.151. The lowest BCUT2D eigenvalue weighted by molar-refractivity contribution is 0.0792. The van der Waals surface area contributed by atoms with E-state index in [2.05, 4.69) is 27.0 Å². The second-order valence-electron chi connectivity index (χ2n) is 6.79. The van der Waals surface area contributed by atoms with Crippen molar-refractivity contribution in [1.29, 1.82) is 0 Å². The Balaban J connectivity index is 1.61. The molecule has 1 saturated heterocycles. The molecule has 0 spiro atoms. The number of nitrogen functional groups attached to an aromatic ring is 1. The van der Waals surface area contributed by atoms with Crippen molar-refractivity contribution in [2.24, 2.45) is 0 Å². The molecule has 1 aromatic carbocycles. The summed E-state index contributed by atoms with van der Waals surface area (Å²) in [4.78, 5) is 20.4. The van der Waals surface area contributed by atoms with Crippen LogP contribution < -0.4 is 11.3 Å². The number of anilines is 1. The molecule has 0 saturated carbocycles. The molecule has 25 heavy (non-hydrogen) atoms. The van der Waals surface area contributed by atoms with Crippen LogP contribution >= 0.6 is 0 Å². The molecule has 2 aromatic heterocycles. The number of hydrogen-bond acceptors (Lipinski definition) is 4. The molecule has 130 valence electrons. The number of nitrogens with two attached hydrogens (primary N) is 1. The minimum Gasteiger partial charge on any atom is -0.398 e. The third kappa shape index (κ3) is 3.31. The van der Waals surface area contributed by atoms with Gasteiger partial charge >= 0.3 is 0 Å². The fraction of sp³-hybridized carbons (Fsp3) is 0.316. The standard InChI is InChI=1S/C19H22N4O2/c20-14-9-16(19(25)21-10-14)18-8-13-7-12(1-2-17(13)22-18)11-23-5-3-15(24)4-6-23/h1-2,7-10,15,22,24H,3-6,11,20H2,(H,21,25). The van der Waals surface area contributed by atoms with Crippen LogP contribution in [0.25, 0.3) is 22.2 Å². The van der Waals surface area contributed by atoms with Crippen LogP contribution in [0.1, 0.15) is 18.4 Å². The molecule has 3 aromatic rings. The first-order valence-corrected chi connectivity index (χ1v) is 8.59. The highest BCUT2D eigenvalue weighted by molar-refractivity contribution is 5.86. The third-order valence-corrected chi connectivity index (χ3v) is 4.86. The largest absolute Gasteiger partial charge is 0.398 e. The first kappa shape index (κ1) is 15.9. The Morgan fingerprint density at radius 3 is 2.80 bits per heavy atom. The molecular weight excluding hydrogens is 316 g/mol. The first-order chi connectivity index (χ1) is 12.1. The van der Waals surface area contributed by atoms with Crippen LogP contribution in [0.3, 0.4) is 0 Å². The van der Waals surface area contributed by atoms with Gasteiger partial charge in [0.15, 0.2) is 0 Å². The van der Waals surface area contributed by atoms with Gasteiger partial charge in [0, 0.05) is 42.4 Å². The average molecular weight is 338 g/mol. The van der Waals surface area contributed by atoms with Crippen molar-refractivity contribution in [2.45, 2.75) is 25.5 Å². The molecule has 0 aliphatic carbocycles. The van der Waals surface area contributed by atoms with E-state index < -0.39 is 0 Å². The number of benzene rings is 1. The Hall–Kier alpha value is -2.57. The predicted molar refractivity (Wildman–Crippen MR) is 99.3 cm³/mol. The molecule has 0 radical (unpaired) electrons. The smallest absolute Gasteiger partial charge is 0.257 e. The number of hydrogen-bond donors (Lipinski definition) is 4. The van der Waals surface area contributed by atoms with E-state index in [1.54, 1.807) is 6.07 Å². The fourth-order valence-corrected chi connectivity index (χ4v) is 3.46. The molecule has 5 N–H and O–H groups in total. The summed E-state index contributed by atoms with van der Waals surface area (Å²) in [6, 6.07) is 9.98. The van der Waals surface area contributed by atoms with Crippen LogP contribution in [-0.2, 0) is 6.54 Å². The summed E-state index contributed by atoms with van der Waals surface area (Å²) in [5, 5.41) is 10.7. The SMILES string of the molecule is Nc1c[nH]c(=O)c(-c2cc3cc(CN4CCC(O)CC4)ccc3[nH]2)c1. The quantitative estimate of drug-likeness (QED) is 0.587. The maximum Gasteiger partial charge on any atom is 0.257 e. The highest BCUT2D eigenvalue weighted by Crippen LogP contribution is 2.24. The van der Waals surface area contributed by atoms with Gasteiger partial charge in [-0.15, -0.1) is 0 Å². The zero-order valence-corrected chi connectivity index (χ0v) is 14.0. The van der Waals surface area contributed by atoms with Crippen LogP contribution in [0.15, 0.2) is 41.3 Å². The highest BCUT2D eigenvalue weighted by atomic mass is 16.3. The van der Waals surface area contributed by atoms with Crippen LogP contribution in [0.4, 0.5) is 5.69 Å². The molecule has 0 amide bonds. The zero-order chi connectivity index (χ0) is 17.4. The number of rotatable bonds is 3. The van der Waals surface area contributed by atoms with Crippen molar-refractivity contribution in [1.82, 2.24) is 14.9 Å². The maximum absolute atomic E-state index is 12.0. The van der Waals surface area contributed by atoms with Gasteiger partial charge in [0.25, 0.3) is 5.56 Å². The molecular formula is C19H22N4O2. The number of pyridine rings is 1. The van der Waals surface area contributed by atoms with E-state index in [0.29, 0.717) is 11.3 Å². The Bertz CT molecular complexity index is 951. The van der Waals surface area contributed by atoms with Gasteiger partial charge in [-0.3, -0.25) is 9.69 Å². The van der Waals surface area contributed by atoms with Gasteiger partial charge in [0.1, 0.15) is 0 Å². The number of aromatic amines is 2. The summed E-state index contributed by atoms with van der Waals surface area (Å²) < 4.78 is 0. The third-order valence-electron chi connectivity index (χ3n) is 4.86. The van der Waals surface area contributed by atoms with Crippen LogP contribution in [-0.4, -0.2) is 39.2 Å². The van der Waals surface area contributed by atoms with E-state index in [-0.39, 0.29) is 11.7 Å². The number of aliphatic hydroxyl groups excluding tert-OH is 1. The predicted octanol–water partition coefficient (Wildman–Crippen LogP) is 2.06. The Morgan fingerprint density at radius 1 is 1.20 bits per heavy atom. The van der Waals surface area contributed by atoms with Crippen LogP contribution in [0.5, 0.6) is 0 Å². The van der Waals surface area contributed by atoms with Gasteiger partial charge in [-0.2, -0.15) is 0 Å². The van der Waals surface area contributed by atoms with Gasteiger partial charge in [-0.05, 0) is 42.7 Å². The topological polar surface area (TPSA) is 98.1 Å². The van der Waals surface area contributed by atoms with Crippen molar-refractivity contribution in [2.75, 3.05) is 18.8 Å². The van der Waals surface area contributed by atoms with Crippen molar-refractivity contribution in [3.05, 3.63) is 52.4 Å². The van der Waals surface area contributed by atoms with Crippen molar-refractivity contribution in [3.63, 3.8) is 0 Å². The Kier molecular flexibility index (Phi) is 4.07. The molecule has 1 aliphatic rings. The normalized spacial score (nSPS) is 16.5. The van der Waals surface area contributed by atoms with E-state index >= 15 is 0 Å². The second kappa shape index (κ2) is 6.38. The summed E-state index contributed by atoms with van der Waals surface area (Å²) in [7, 11) is 0. The number of nitrogens with zero attached hydrogens (tertiary/aromatic N) is 1. The van der Waals surface area contributed by atoms with E-state index in [4.69, 9.17) is 5.73 Å². The molecule has 0 bridgehead atoms. The Labute approximate surface area is 145 Å². The van der Waals surface area contributed by atoms with Gasteiger partial charge in [-0.25, -0.2) is 0 Å². The summed E-state index contributed by atoms with van der Waals surface area (Å²) in [5.74, 6) is 0. The summed E-state index contributed by atoms with van der Waals surface area (Å²) in [5.41, 5.74) is 9.70. The molecule has 0 atom stereocenters. The van der Waals surface area contributed by atoms with Gasteiger partial charge < -0.3 is 20.8 Å². The van der Waals surface area contributed by atoms with Crippen molar-refractivity contribution in [3.8, 4) is 11.3 Å². The average Bonchev–Trinajstić information content (AvgIpc) is 3.02. The Morgan fingerprint density at radius 2 is 2.00 bits per heavy atom. The van der Waals surface area contributed by atoms with E-state index in [9.17, 15) is 9.90 Å². The number of piperidine rings is 1. The lowest BCUT2D eigenvalue weighted by atomic mass is 10.1. The number of H-pyrrole nitrogens is 2. The number of aromatic nitrogens is 2. The molecule has 1 fully saturated rings. The molecule has 0 unspecified atom stereocenters. The summed E-state index contributed by atoms with van der Waals surface area (Å²) in [6.07, 6.45) is 3.04. The maximum atomic E-state index is 12.0. The zero-order valence-electron chi connectivity index (χ0n) is 14.0. The first-order valence-electron chi connectivity index (χ1n) is 8.59. The van der Waals surface area contributed by atoms with E-state index in [0.717, 1.165) is 49.1 Å². The van der Waals surface area contributed by atoms with Gasteiger partial charge in [0.05, 0.1) is 17.4 Å². The molecule has 1 aliphatic heterocycles. The van der Waals surface area contributed by atoms with E-state index in [1.807, 2.05) is 12.1 Å². The summed E-state index contributed by atoms with van der Waals surface area (Å²) in [6.45, 7) is 2.73. The van der Waals surface area contributed by atoms with Crippen LogP contribution in [0.2, 0.25) is 0 Å². The number of nitrogens with one attached hydrogen (secondary N) is 2. The molecule has 6 nitrogen and oxygen atoms in total.